The Kier molecular flexibility index (Phi) is 4.54. The molecular weight excluding hydrogens is 204 g/mol. The van der Waals surface area contributed by atoms with Gasteiger partial charge in [0.05, 0.1) is 0 Å². The van der Waals surface area contributed by atoms with Gasteiger partial charge in [-0.3, -0.25) is 10.2 Å². The maximum Gasteiger partial charge on any atom is 0.234 e. The fourth-order valence-electron chi connectivity index (χ4n) is 1.49. The van der Waals surface area contributed by atoms with Crippen LogP contribution in [-0.4, -0.2) is 11.0 Å². The second-order valence-electron chi connectivity index (χ2n) is 3.49. The standard InChI is InChI=1S/C12H16N2O2/c1-2-4-9-5-3-6-10(12(9)16)7-8-11(15)14-13/h2-3,5-6,16H,1,4,7-8,13H2,(H,14,15). The average molecular weight is 220 g/mol. The number of aromatic hydroxyl groups is 1. The summed E-state index contributed by atoms with van der Waals surface area (Å²) < 4.78 is 0. The van der Waals surface area contributed by atoms with Crippen molar-refractivity contribution >= 4 is 5.91 Å². The third kappa shape index (κ3) is 3.10. The molecule has 4 N–H and O–H groups in total. The van der Waals surface area contributed by atoms with Crippen LogP contribution in [0.15, 0.2) is 30.9 Å². The Labute approximate surface area is 94.7 Å². The first-order valence-corrected chi connectivity index (χ1v) is 5.09. The fourth-order valence-corrected chi connectivity index (χ4v) is 1.49. The van der Waals surface area contributed by atoms with Gasteiger partial charge in [0.15, 0.2) is 0 Å². The molecule has 16 heavy (non-hydrogen) atoms. The molecule has 0 bridgehead atoms. The van der Waals surface area contributed by atoms with E-state index in [1.807, 2.05) is 12.1 Å². The summed E-state index contributed by atoms with van der Waals surface area (Å²) in [6.45, 7) is 3.62. The molecule has 0 atom stereocenters. The number of carbonyl (C=O) groups is 1. The van der Waals surface area contributed by atoms with E-state index in [9.17, 15) is 9.90 Å². The van der Waals surface area contributed by atoms with Gasteiger partial charge in [-0.25, -0.2) is 5.84 Å². The number of allylic oxidation sites excluding steroid dienone is 1. The van der Waals surface area contributed by atoms with E-state index in [1.165, 1.54) is 0 Å². The molecule has 1 rings (SSSR count). The van der Waals surface area contributed by atoms with Crippen LogP contribution in [-0.2, 0) is 17.6 Å². The van der Waals surface area contributed by atoms with E-state index < -0.39 is 0 Å². The predicted molar refractivity (Wildman–Crippen MR) is 62.7 cm³/mol. The Balaban J connectivity index is 2.76. The smallest absolute Gasteiger partial charge is 0.234 e. The SMILES string of the molecule is C=CCc1cccc(CCC(=O)NN)c1O. The highest BCUT2D eigenvalue weighted by molar-refractivity contribution is 5.75. The minimum atomic E-state index is -0.242. The van der Waals surface area contributed by atoms with Gasteiger partial charge in [0.2, 0.25) is 5.91 Å². The van der Waals surface area contributed by atoms with Crippen molar-refractivity contribution in [3.05, 3.63) is 42.0 Å². The lowest BCUT2D eigenvalue weighted by Gasteiger charge is -2.07. The average Bonchev–Trinajstić information content (AvgIpc) is 2.30. The maximum atomic E-state index is 11.0. The number of benzene rings is 1. The van der Waals surface area contributed by atoms with E-state index in [0.29, 0.717) is 12.8 Å². The van der Waals surface area contributed by atoms with Crippen molar-refractivity contribution in [1.82, 2.24) is 5.43 Å². The van der Waals surface area contributed by atoms with E-state index in [4.69, 9.17) is 5.84 Å². The summed E-state index contributed by atoms with van der Waals surface area (Å²) >= 11 is 0. The van der Waals surface area contributed by atoms with Crippen LogP contribution in [0.5, 0.6) is 5.75 Å². The molecule has 0 fully saturated rings. The van der Waals surface area contributed by atoms with Gasteiger partial charge in [-0.05, 0) is 24.0 Å². The molecule has 0 aromatic heterocycles. The Hall–Kier alpha value is -1.81. The van der Waals surface area contributed by atoms with Gasteiger partial charge in [-0.1, -0.05) is 24.3 Å². The zero-order chi connectivity index (χ0) is 12.0. The second kappa shape index (κ2) is 5.92. The Bertz CT molecular complexity index is 389. The molecule has 0 heterocycles. The normalized spacial score (nSPS) is 9.81. The lowest BCUT2D eigenvalue weighted by molar-refractivity contribution is -0.121. The van der Waals surface area contributed by atoms with Crippen molar-refractivity contribution in [3.8, 4) is 5.75 Å². The lowest BCUT2D eigenvalue weighted by atomic mass is 10.0. The zero-order valence-corrected chi connectivity index (χ0v) is 9.07. The minimum Gasteiger partial charge on any atom is -0.507 e. The Morgan fingerprint density at radius 1 is 1.50 bits per heavy atom. The second-order valence-corrected chi connectivity index (χ2v) is 3.49. The number of hydrogen-bond donors (Lipinski definition) is 3. The molecule has 0 aliphatic heterocycles. The summed E-state index contributed by atoms with van der Waals surface area (Å²) in [5.41, 5.74) is 3.63. The highest BCUT2D eigenvalue weighted by Crippen LogP contribution is 2.24. The van der Waals surface area contributed by atoms with Gasteiger partial charge in [-0.2, -0.15) is 0 Å². The number of phenols is 1. The largest absolute Gasteiger partial charge is 0.507 e. The number of hydrazine groups is 1. The minimum absolute atomic E-state index is 0.242. The van der Waals surface area contributed by atoms with Crippen LogP contribution in [0.3, 0.4) is 0 Å². The topological polar surface area (TPSA) is 75.4 Å². The number of hydrogen-bond acceptors (Lipinski definition) is 3. The fraction of sp³-hybridized carbons (Fsp3) is 0.250. The highest BCUT2D eigenvalue weighted by Gasteiger charge is 2.07. The summed E-state index contributed by atoms with van der Waals surface area (Å²) in [7, 11) is 0. The van der Waals surface area contributed by atoms with Crippen molar-refractivity contribution < 1.29 is 9.90 Å². The molecule has 0 aliphatic rings. The third-order valence-electron chi connectivity index (χ3n) is 2.35. The molecule has 0 aliphatic carbocycles. The summed E-state index contributed by atoms with van der Waals surface area (Å²) in [5, 5.41) is 9.89. The van der Waals surface area contributed by atoms with E-state index in [-0.39, 0.29) is 18.1 Å². The molecule has 1 amide bonds. The van der Waals surface area contributed by atoms with Crippen molar-refractivity contribution in [2.75, 3.05) is 0 Å². The highest BCUT2D eigenvalue weighted by atomic mass is 16.3. The van der Waals surface area contributed by atoms with E-state index in [0.717, 1.165) is 11.1 Å². The number of aryl methyl sites for hydroxylation is 1. The first-order valence-electron chi connectivity index (χ1n) is 5.09. The summed E-state index contributed by atoms with van der Waals surface area (Å²) in [4.78, 5) is 11.0. The molecule has 4 nitrogen and oxygen atoms in total. The molecule has 0 saturated heterocycles. The number of amides is 1. The lowest BCUT2D eigenvalue weighted by Crippen LogP contribution is -2.30. The number of para-hydroxylation sites is 1. The van der Waals surface area contributed by atoms with Gasteiger partial charge in [-0.15, -0.1) is 6.58 Å². The molecular formula is C12H16N2O2. The molecule has 0 radical (unpaired) electrons. The van der Waals surface area contributed by atoms with Crippen molar-refractivity contribution in [1.29, 1.82) is 0 Å². The first kappa shape index (κ1) is 12.3. The van der Waals surface area contributed by atoms with Crippen LogP contribution in [0.4, 0.5) is 0 Å². The Morgan fingerprint density at radius 3 is 2.81 bits per heavy atom. The molecule has 86 valence electrons. The van der Waals surface area contributed by atoms with Gasteiger partial charge in [0.1, 0.15) is 5.75 Å². The molecule has 1 aromatic carbocycles. The van der Waals surface area contributed by atoms with Crippen molar-refractivity contribution in [2.45, 2.75) is 19.3 Å². The summed E-state index contributed by atoms with van der Waals surface area (Å²) in [6, 6.07) is 5.49. The molecule has 0 unspecified atom stereocenters. The quantitative estimate of drug-likeness (QED) is 0.300. The van der Waals surface area contributed by atoms with Gasteiger partial charge in [0, 0.05) is 6.42 Å². The van der Waals surface area contributed by atoms with Gasteiger partial charge in [0.25, 0.3) is 0 Å². The third-order valence-corrected chi connectivity index (χ3v) is 2.35. The molecule has 0 saturated carbocycles. The number of phenolic OH excluding ortho intramolecular Hbond substituents is 1. The zero-order valence-electron chi connectivity index (χ0n) is 9.07. The van der Waals surface area contributed by atoms with E-state index in [2.05, 4.69) is 12.0 Å². The van der Waals surface area contributed by atoms with Crippen LogP contribution in [0.1, 0.15) is 17.5 Å². The van der Waals surface area contributed by atoms with E-state index in [1.54, 1.807) is 12.1 Å². The van der Waals surface area contributed by atoms with Crippen LogP contribution in [0.25, 0.3) is 0 Å². The number of nitrogens with two attached hydrogens (primary N) is 1. The first-order chi connectivity index (χ1) is 7.69. The van der Waals surface area contributed by atoms with Gasteiger partial charge >= 0.3 is 0 Å². The van der Waals surface area contributed by atoms with Crippen molar-refractivity contribution in [2.24, 2.45) is 5.84 Å². The summed E-state index contributed by atoms with van der Waals surface area (Å²) in [5.74, 6) is 4.98. The number of carbonyl (C=O) groups excluding carboxylic acids is 1. The number of nitrogens with one attached hydrogen (secondary N) is 1. The molecule has 0 spiro atoms. The van der Waals surface area contributed by atoms with Crippen LogP contribution >= 0.6 is 0 Å². The van der Waals surface area contributed by atoms with Crippen molar-refractivity contribution in [3.63, 3.8) is 0 Å². The predicted octanol–water partition coefficient (Wildman–Crippen LogP) is 1.04. The van der Waals surface area contributed by atoms with Crippen LogP contribution < -0.4 is 11.3 Å². The number of rotatable bonds is 5. The molecule has 1 aromatic rings. The van der Waals surface area contributed by atoms with Crippen LogP contribution in [0, 0.1) is 0 Å². The maximum absolute atomic E-state index is 11.0. The van der Waals surface area contributed by atoms with E-state index >= 15 is 0 Å². The monoisotopic (exact) mass is 220 g/mol. The van der Waals surface area contributed by atoms with Crippen LogP contribution in [0.2, 0.25) is 0 Å². The molecule has 4 heteroatoms. The Morgan fingerprint density at radius 2 is 2.19 bits per heavy atom. The van der Waals surface area contributed by atoms with Gasteiger partial charge < -0.3 is 5.11 Å². The summed E-state index contributed by atoms with van der Waals surface area (Å²) in [6.07, 6.45) is 3.08.